The summed E-state index contributed by atoms with van der Waals surface area (Å²) in [4.78, 5) is 4.39. The molecule has 0 amide bonds. The molecule has 0 radical (unpaired) electrons. The van der Waals surface area contributed by atoms with Crippen LogP contribution >= 0.6 is 0 Å². The van der Waals surface area contributed by atoms with Gasteiger partial charge in [-0.2, -0.15) is 0 Å². The summed E-state index contributed by atoms with van der Waals surface area (Å²) in [5.41, 5.74) is 2.05. The van der Waals surface area contributed by atoms with E-state index in [9.17, 15) is 0 Å². The highest BCUT2D eigenvalue weighted by Gasteiger charge is 2.10. The third-order valence-electron chi connectivity index (χ3n) is 2.49. The zero-order valence-electron chi connectivity index (χ0n) is 9.70. The van der Waals surface area contributed by atoms with Crippen molar-refractivity contribution in [3.8, 4) is 0 Å². The topological polar surface area (TPSA) is 45.1 Å². The van der Waals surface area contributed by atoms with Crippen molar-refractivity contribution in [2.24, 2.45) is 5.92 Å². The molecule has 3 heteroatoms. The Bertz CT molecular complexity index is 299. The molecule has 0 saturated heterocycles. The Morgan fingerprint density at radius 3 is 2.67 bits per heavy atom. The lowest BCUT2D eigenvalue weighted by molar-refractivity contribution is 0.209. The van der Waals surface area contributed by atoms with Gasteiger partial charge in [-0.3, -0.25) is 4.98 Å². The highest BCUT2D eigenvalue weighted by atomic mass is 16.3. The fourth-order valence-electron chi connectivity index (χ4n) is 1.44. The van der Waals surface area contributed by atoms with Crippen molar-refractivity contribution in [1.82, 2.24) is 10.3 Å². The minimum Gasteiger partial charge on any atom is -0.395 e. The quantitative estimate of drug-likeness (QED) is 0.770. The fraction of sp³-hybridized carbons (Fsp3) is 0.583. The second-order valence-electron chi connectivity index (χ2n) is 4.18. The van der Waals surface area contributed by atoms with E-state index in [-0.39, 0.29) is 12.6 Å². The van der Waals surface area contributed by atoms with Gasteiger partial charge in [-0.05, 0) is 25.0 Å². The number of nitrogens with zero attached hydrogens (tertiary/aromatic N) is 1. The highest BCUT2D eigenvalue weighted by Crippen LogP contribution is 2.03. The number of nitrogens with one attached hydrogen (secondary N) is 1. The first-order valence-corrected chi connectivity index (χ1v) is 5.40. The molecule has 0 aliphatic rings. The molecule has 0 fully saturated rings. The van der Waals surface area contributed by atoms with Crippen LogP contribution in [-0.2, 0) is 6.54 Å². The lowest BCUT2D eigenvalue weighted by Crippen LogP contribution is -2.36. The Hall–Kier alpha value is -0.930. The summed E-state index contributed by atoms with van der Waals surface area (Å²) in [5, 5.41) is 12.4. The van der Waals surface area contributed by atoms with E-state index in [1.807, 2.05) is 25.1 Å². The van der Waals surface area contributed by atoms with Gasteiger partial charge in [0.15, 0.2) is 0 Å². The van der Waals surface area contributed by atoms with Crippen LogP contribution in [0.2, 0.25) is 0 Å². The molecule has 84 valence electrons. The van der Waals surface area contributed by atoms with Crippen molar-refractivity contribution in [3.63, 3.8) is 0 Å². The third-order valence-corrected chi connectivity index (χ3v) is 2.49. The summed E-state index contributed by atoms with van der Waals surface area (Å²) >= 11 is 0. The minimum atomic E-state index is 0.146. The molecule has 15 heavy (non-hydrogen) atoms. The lowest BCUT2D eigenvalue weighted by Gasteiger charge is -2.19. The second-order valence-corrected chi connectivity index (χ2v) is 4.18. The number of aliphatic hydroxyl groups is 1. The average Bonchev–Trinajstić information content (AvgIpc) is 2.18. The molecule has 1 heterocycles. The third kappa shape index (κ3) is 3.98. The van der Waals surface area contributed by atoms with Crippen LogP contribution < -0.4 is 5.32 Å². The van der Waals surface area contributed by atoms with Gasteiger partial charge in [0.05, 0.1) is 12.3 Å². The number of hydrogen-bond acceptors (Lipinski definition) is 3. The van der Waals surface area contributed by atoms with Gasteiger partial charge in [0.2, 0.25) is 0 Å². The van der Waals surface area contributed by atoms with Crippen molar-refractivity contribution < 1.29 is 5.11 Å². The number of pyridine rings is 1. The molecule has 0 unspecified atom stereocenters. The molecule has 1 rings (SSSR count). The first-order chi connectivity index (χ1) is 7.13. The summed E-state index contributed by atoms with van der Waals surface area (Å²) in [6.07, 6.45) is 0. The summed E-state index contributed by atoms with van der Waals surface area (Å²) in [6, 6.07) is 6.12. The molecule has 0 aliphatic carbocycles. The van der Waals surface area contributed by atoms with Crippen LogP contribution in [-0.4, -0.2) is 22.7 Å². The Morgan fingerprint density at radius 2 is 2.13 bits per heavy atom. The van der Waals surface area contributed by atoms with Gasteiger partial charge in [0.1, 0.15) is 0 Å². The lowest BCUT2D eigenvalue weighted by atomic mass is 10.1. The zero-order valence-corrected chi connectivity index (χ0v) is 9.70. The standard InChI is InChI=1S/C12H20N2O/c1-9(2)12(8-15)13-7-11-6-4-5-10(3)14-11/h4-6,9,12-13,15H,7-8H2,1-3H3/t12-/m1/s1. The molecule has 0 aliphatic heterocycles. The highest BCUT2D eigenvalue weighted by molar-refractivity contribution is 5.09. The Balaban J connectivity index is 2.49. The maximum atomic E-state index is 9.15. The van der Waals surface area contributed by atoms with E-state index in [2.05, 4.69) is 24.1 Å². The predicted octanol–water partition coefficient (Wildman–Crippen LogP) is 1.50. The largest absolute Gasteiger partial charge is 0.395 e. The number of aliphatic hydroxyl groups excluding tert-OH is 1. The molecular weight excluding hydrogens is 188 g/mol. The van der Waals surface area contributed by atoms with Gasteiger partial charge in [-0.1, -0.05) is 19.9 Å². The Labute approximate surface area is 91.5 Å². The Morgan fingerprint density at radius 1 is 1.40 bits per heavy atom. The van der Waals surface area contributed by atoms with E-state index in [4.69, 9.17) is 5.11 Å². The summed E-state index contributed by atoms with van der Waals surface area (Å²) in [5.74, 6) is 0.430. The smallest absolute Gasteiger partial charge is 0.0587 e. The van der Waals surface area contributed by atoms with E-state index in [0.717, 1.165) is 11.4 Å². The minimum absolute atomic E-state index is 0.146. The molecule has 0 aromatic carbocycles. The van der Waals surface area contributed by atoms with Crippen LogP contribution in [0.1, 0.15) is 25.2 Å². The van der Waals surface area contributed by atoms with Gasteiger partial charge >= 0.3 is 0 Å². The molecule has 0 saturated carbocycles. The van der Waals surface area contributed by atoms with Crippen molar-refractivity contribution in [1.29, 1.82) is 0 Å². The summed E-state index contributed by atoms with van der Waals surface area (Å²) in [7, 11) is 0. The zero-order chi connectivity index (χ0) is 11.3. The van der Waals surface area contributed by atoms with Crippen molar-refractivity contribution in [3.05, 3.63) is 29.6 Å². The molecular formula is C12H20N2O. The molecule has 1 aromatic heterocycles. The van der Waals surface area contributed by atoms with E-state index >= 15 is 0 Å². The first-order valence-electron chi connectivity index (χ1n) is 5.40. The SMILES string of the molecule is Cc1cccc(CN[C@H](CO)C(C)C)n1. The maximum absolute atomic E-state index is 9.15. The normalized spacial score (nSPS) is 13.1. The molecule has 2 N–H and O–H groups in total. The van der Waals surface area contributed by atoms with Gasteiger partial charge in [0.25, 0.3) is 0 Å². The van der Waals surface area contributed by atoms with Crippen molar-refractivity contribution in [2.45, 2.75) is 33.4 Å². The van der Waals surface area contributed by atoms with E-state index in [0.29, 0.717) is 12.5 Å². The number of rotatable bonds is 5. The van der Waals surface area contributed by atoms with Crippen LogP contribution in [0.25, 0.3) is 0 Å². The summed E-state index contributed by atoms with van der Waals surface area (Å²) < 4.78 is 0. The van der Waals surface area contributed by atoms with Crippen LogP contribution in [0, 0.1) is 12.8 Å². The van der Waals surface area contributed by atoms with Crippen molar-refractivity contribution in [2.75, 3.05) is 6.61 Å². The molecule has 3 nitrogen and oxygen atoms in total. The average molecular weight is 208 g/mol. The van der Waals surface area contributed by atoms with Crippen LogP contribution in [0.3, 0.4) is 0 Å². The van der Waals surface area contributed by atoms with E-state index < -0.39 is 0 Å². The number of aromatic nitrogens is 1. The van der Waals surface area contributed by atoms with E-state index in [1.54, 1.807) is 0 Å². The summed E-state index contributed by atoms with van der Waals surface area (Å²) in [6.45, 7) is 7.05. The molecule has 0 bridgehead atoms. The molecule has 0 spiro atoms. The monoisotopic (exact) mass is 208 g/mol. The Kier molecular flexibility index (Phi) is 4.72. The number of hydrogen-bond donors (Lipinski definition) is 2. The van der Waals surface area contributed by atoms with Gasteiger partial charge in [0, 0.05) is 18.3 Å². The van der Waals surface area contributed by atoms with Crippen LogP contribution in [0.5, 0.6) is 0 Å². The fourth-order valence-corrected chi connectivity index (χ4v) is 1.44. The molecule has 1 atom stereocenters. The first kappa shape index (κ1) is 12.1. The van der Waals surface area contributed by atoms with Gasteiger partial charge < -0.3 is 10.4 Å². The predicted molar refractivity (Wildman–Crippen MR) is 61.5 cm³/mol. The van der Waals surface area contributed by atoms with Crippen LogP contribution in [0.15, 0.2) is 18.2 Å². The maximum Gasteiger partial charge on any atom is 0.0587 e. The van der Waals surface area contributed by atoms with Crippen molar-refractivity contribution >= 4 is 0 Å². The molecule has 1 aromatic rings. The van der Waals surface area contributed by atoms with Gasteiger partial charge in [-0.15, -0.1) is 0 Å². The second kappa shape index (κ2) is 5.83. The van der Waals surface area contributed by atoms with E-state index in [1.165, 1.54) is 0 Å². The van der Waals surface area contributed by atoms with Crippen LogP contribution in [0.4, 0.5) is 0 Å². The number of aryl methyl sites for hydroxylation is 1. The van der Waals surface area contributed by atoms with Gasteiger partial charge in [-0.25, -0.2) is 0 Å².